The summed E-state index contributed by atoms with van der Waals surface area (Å²) in [5.74, 6) is 0.234. The first-order valence-corrected chi connectivity index (χ1v) is 7.05. The fourth-order valence-corrected chi connectivity index (χ4v) is 2.23. The van der Waals surface area contributed by atoms with Gasteiger partial charge in [0.15, 0.2) is 0 Å². The molecule has 0 unspecified atom stereocenters. The molecule has 116 valence electrons. The molecule has 0 atom stereocenters. The van der Waals surface area contributed by atoms with Crippen molar-refractivity contribution in [1.29, 1.82) is 0 Å². The van der Waals surface area contributed by atoms with E-state index in [1.807, 2.05) is 13.8 Å². The van der Waals surface area contributed by atoms with Crippen LogP contribution in [0.3, 0.4) is 0 Å². The Labute approximate surface area is 123 Å². The number of carboxylic acids is 1. The highest BCUT2D eigenvalue weighted by Crippen LogP contribution is 2.31. The summed E-state index contributed by atoms with van der Waals surface area (Å²) in [6, 6.07) is 1.68. The molecule has 1 aliphatic heterocycles. The van der Waals surface area contributed by atoms with Gasteiger partial charge >= 0.3 is 5.97 Å². The Balaban J connectivity index is 2.02. The summed E-state index contributed by atoms with van der Waals surface area (Å²) < 4.78 is 10.7. The van der Waals surface area contributed by atoms with Gasteiger partial charge in [0, 0.05) is 25.8 Å². The van der Waals surface area contributed by atoms with Gasteiger partial charge in [-0.2, -0.15) is 0 Å². The molecule has 2 heterocycles. The van der Waals surface area contributed by atoms with Gasteiger partial charge < -0.3 is 19.9 Å². The van der Waals surface area contributed by atoms with Crippen molar-refractivity contribution in [3.8, 4) is 5.88 Å². The first-order valence-electron chi connectivity index (χ1n) is 7.05. The van der Waals surface area contributed by atoms with Gasteiger partial charge in [-0.25, -0.2) is 9.97 Å². The fourth-order valence-electron chi connectivity index (χ4n) is 2.23. The average molecular weight is 295 g/mol. The number of nitrogens with one attached hydrogen (secondary N) is 1. The fraction of sp³-hybridized carbons (Fsp3) is 0.643. The van der Waals surface area contributed by atoms with Crippen molar-refractivity contribution < 1.29 is 19.4 Å². The summed E-state index contributed by atoms with van der Waals surface area (Å²) in [7, 11) is 0. The monoisotopic (exact) mass is 295 g/mol. The van der Waals surface area contributed by atoms with E-state index in [-0.39, 0.29) is 6.10 Å². The number of carboxylic acid groups (broad SMARTS) is 1. The van der Waals surface area contributed by atoms with Gasteiger partial charge in [0.2, 0.25) is 5.88 Å². The highest BCUT2D eigenvalue weighted by Gasteiger charge is 2.40. The molecule has 1 aromatic heterocycles. The summed E-state index contributed by atoms with van der Waals surface area (Å²) in [4.78, 5) is 19.7. The second kappa shape index (κ2) is 6.71. The molecule has 2 rings (SSSR count). The predicted octanol–water partition coefficient (Wildman–Crippen LogP) is 1.56. The Morgan fingerprint density at radius 3 is 2.81 bits per heavy atom. The summed E-state index contributed by atoms with van der Waals surface area (Å²) >= 11 is 0. The maximum Gasteiger partial charge on any atom is 0.311 e. The number of carbonyl (C=O) groups is 1. The van der Waals surface area contributed by atoms with E-state index >= 15 is 0 Å². The number of rotatable bonds is 6. The van der Waals surface area contributed by atoms with E-state index < -0.39 is 11.4 Å². The molecule has 7 nitrogen and oxygen atoms in total. The Bertz CT molecular complexity index is 487. The molecular weight excluding hydrogens is 274 g/mol. The van der Waals surface area contributed by atoms with Crippen molar-refractivity contribution in [3.05, 3.63) is 12.4 Å². The first-order chi connectivity index (χ1) is 10.0. The molecular formula is C14H21N3O4. The molecule has 0 amide bonds. The van der Waals surface area contributed by atoms with Crippen LogP contribution in [0.4, 0.5) is 5.82 Å². The van der Waals surface area contributed by atoms with E-state index in [4.69, 9.17) is 9.47 Å². The molecule has 0 spiro atoms. The maximum absolute atomic E-state index is 11.6. The van der Waals surface area contributed by atoms with Gasteiger partial charge in [0.05, 0.1) is 11.5 Å². The minimum atomic E-state index is -0.803. The first kappa shape index (κ1) is 15.5. The second-order valence-corrected chi connectivity index (χ2v) is 5.46. The number of anilines is 1. The van der Waals surface area contributed by atoms with E-state index in [2.05, 4.69) is 15.3 Å². The van der Waals surface area contributed by atoms with Crippen molar-refractivity contribution in [1.82, 2.24) is 9.97 Å². The zero-order chi connectivity index (χ0) is 15.3. The molecule has 0 aliphatic carbocycles. The van der Waals surface area contributed by atoms with Crippen molar-refractivity contribution in [2.75, 3.05) is 25.1 Å². The molecule has 1 aliphatic rings. The van der Waals surface area contributed by atoms with Gasteiger partial charge in [0.1, 0.15) is 12.1 Å². The molecule has 21 heavy (non-hydrogen) atoms. The van der Waals surface area contributed by atoms with Crippen LogP contribution in [0, 0.1) is 5.41 Å². The number of aliphatic carboxylic acids is 1. The third-order valence-corrected chi connectivity index (χ3v) is 3.51. The molecule has 0 saturated carbocycles. The van der Waals surface area contributed by atoms with Gasteiger partial charge in [0.25, 0.3) is 0 Å². The lowest BCUT2D eigenvalue weighted by atomic mass is 9.80. The van der Waals surface area contributed by atoms with Crippen LogP contribution in [0.1, 0.15) is 26.7 Å². The minimum Gasteiger partial charge on any atom is -0.481 e. The van der Waals surface area contributed by atoms with Gasteiger partial charge in [-0.05, 0) is 26.7 Å². The number of aromatic nitrogens is 2. The van der Waals surface area contributed by atoms with Gasteiger partial charge in [-0.1, -0.05) is 0 Å². The minimum absolute atomic E-state index is 0.0219. The summed E-state index contributed by atoms with van der Waals surface area (Å²) in [6.07, 6.45) is 2.41. The van der Waals surface area contributed by atoms with Crippen LogP contribution in [-0.2, 0) is 9.53 Å². The van der Waals surface area contributed by atoms with Crippen LogP contribution in [-0.4, -0.2) is 46.9 Å². The number of nitrogens with zero attached hydrogens (tertiary/aromatic N) is 2. The quantitative estimate of drug-likeness (QED) is 0.822. The predicted molar refractivity (Wildman–Crippen MR) is 76.4 cm³/mol. The van der Waals surface area contributed by atoms with Gasteiger partial charge in [-0.3, -0.25) is 4.79 Å². The Kier molecular flexibility index (Phi) is 4.95. The average Bonchev–Trinajstić information content (AvgIpc) is 2.46. The molecule has 2 N–H and O–H groups in total. The lowest BCUT2D eigenvalue weighted by Gasteiger charge is -2.33. The van der Waals surface area contributed by atoms with E-state index in [1.165, 1.54) is 6.33 Å². The van der Waals surface area contributed by atoms with Crippen LogP contribution in [0.15, 0.2) is 12.4 Å². The third kappa shape index (κ3) is 4.04. The summed E-state index contributed by atoms with van der Waals surface area (Å²) in [5.41, 5.74) is -0.803. The third-order valence-electron chi connectivity index (χ3n) is 3.51. The van der Waals surface area contributed by atoms with Crippen LogP contribution < -0.4 is 10.1 Å². The SMILES string of the molecule is CC(C)Oc1cc(NCC2(C(=O)O)CCOCC2)ncn1. The van der Waals surface area contributed by atoms with Gasteiger partial charge in [-0.15, -0.1) is 0 Å². The Morgan fingerprint density at radius 2 is 2.19 bits per heavy atom. The Morgan fingerprint density at radius 1 is 1.48 bits per heavy atom. The van der Waals surface area contributed by atoms with Crippen molar-refractivity contribution in [3.63, 3.8) is 0 Å². The molecule has 1 saturated heterocycles. The largest absolute Gasteiger partial charge is 0.481 e. The highest BCUT2D eigenvalue weighted by molar-refractivity contribution is 5.75. The maximum atomic E-state index is 11.6. The molecule has 0 bridgehead atoms. The lowest BCUT2D eigenvalue weighted by molar-refractivity contribution is -0.153. The van der Waals surface area contributed by atoms with Crippen molar-refractivity contribution in [2.24, 2.45) is 5.41 Å². The molecule has 0 aromatic carbocycles. The standard InChI is InChI=1S/C14H21N3O4/c1-10(2)21-12-7-11(16-9-17-12)15-8-14(13(18)19)3-5-20-6-4-14/h7,9-10H,3-6,8H2,1-2H3,(H,18,19)(H,15,16,17). The van der Waals surface area contributed by atoms with Crippen LogP contribution in [0.5, 0.6) is 5.88 Å². The van der Waals surface area contributed by atoms with Crippen LogP contribution in [0.2, 0.25) is 0 Å². The summed E-state index contributed by atoms with van der Waals surface area (Å²) in [5, 5.41) is 12.6. The van der Waals surface area contributed by atoms with Crippen molar-refractivity contribution >= 4 is 11.8 Å². The van der Waals surface area contributed by atoms with E-state index in [9.17, 15) is 9.90 Å². The molecule has 1 aromatic rings. The van der Waals surface area contributed by atoms with E-state index in [0.717, 1.165) is 0 Å². The zero-order valence-electron chi connectivity index (χ0n) is 12.3. The zero-order valence-corrected chi connectivity index (χ0v) is 12.3. The second-order valence-electron chi connectivity index (χ2n) is 5.46. The molecule has 7 heteroatoms. The number of hydrogen-bond donors (Lipinski definition) is 2. The topological polar surface area (TPSA) is 93.6 Å². The highest BCUT2D eigenvalue weighted by atomic mass is 16.5. The van der Waals surface area contributed by atoms with Crippen LogP contribution >= 0.6 is 0 Å². The van der Waals surface area contributed by atoms with E-state index in [0.29, 0.717) is 44.3 Å². The Hall–Kier alpha value is -1.89. The number of ether oxygens (including phenoxy) is 2. The van der Waals surface area contributed by atoms with E-state index in [1.54, 1.807) is 6.07 Å². The molecule has 1 fully saturated rings. The van der Waals surface area contributed by atoms with Crippen LogP contribution in [0.25, 0.3) is 0 Å². The normalized spacial score (nSPS) is 17.5. The smallest absolute Gasteiger partial charge is 0.311 e. The molecule has 0 radical (unpaired) electrons. The van der Waals surface area contributed by atoms with Crippen molar-refractivity contribution in [2.45, 2.75) is 32.8 Å². The lowest BCUT2D eigenvalue weighted by Crippen LogP contribution is -2.42. The number of hydrogen-bond acceptors (Lipinski definition) is 6. The summed E-state index contributed by atoms with van der Waals surface area (Å²) in [6.45, 7) is 5.08.